The van der Waals surface area contributed by atoms with Crippen molar-refractivity contribution in [2.24, 2.45) is 29.4 Å². The van der Waals surface area contributed by atoms with Crippen LogP contribution in [0.1, 0.15) is 58.3 Å². The molecule has 0 spiro atoms. The molecular weight excluding hydrogens is 394 g/mol. The molecule has 0 aromatic carbocycles. The van der Waals surface area contributed by atoms with Crippen molar-refractivity contribution in [3.8, 4) is 0 Å². The van der Waals surface area contributed by atoms with Crippen molar-refractivity contribution in [1.29, 1.82) is 0 Å². The molecule has 0 aromatic rings. The Kier molecular flexibility index (Phi) is 7.20. The third-order valence-corrected chi connectivity index (χ3v) is 8.61. The van der Waals surface area contributed by atoms with Crippen LogP contribution < -0.4 is 21.3 Å². The van der Waals surface area contributed by atoms with Crippen LogP contribution in [0.5, 0.6) is 0 Å². The maximum absolute atomic E-state index is 13.5. The van der Waals surface area contributed by atoms with E-state index in [0.29, 0.717) is 24.4 Å². The van der Waals surface area contributed by atoms with Crippen molar-refractivity contribution >= 4 is 11.8 Å². The van der Waals surface area contributed by atoms with Crippen LogP contribution in [0.25, 0.3) is 0 Å². The summed E-state index contributed by atoms with van der Waals surface area (Å²) in [5.74, 6) is 0.800. The molecule has 4 aliphatic rings. The van der Waals surface area contributed by atoms with Gasteiger partial charge in [0.1, 0.15) is 11.8 Å². The number of carbonyl (C=O) groups is 2. The monoisotopic (exact) mass is 436 g/mol. The van der Waals surface area contributed by atoms with Crippen LogP contribution in [0.4, 0.5) is 0 Å². The van der Waals surface area contributed by atoms with E-state index >= 15 is 0 Å². The van der Waals surface area contributed by atoms with E-state index in [0.717, 1.165) is 45.2 Å². The average Bonchev–Trinajstić information content (AvgIpc) is 2.79. The van der Waals surface area contributed by atoms with Gasteiger partial charge in [0.15, 0.2) is 12.3 Å². The Labute approximate surface area is 186 Å². The van der Waals surface area contributed by atoms with Crippen LogP contribution in [0.3, 0.4) is 0 Å². The number of nitrogens with two attached hydrogens (primary N) is 1. The molecule has 0 bridgehead atoms. The number of likely N-dealkylation sites (tertiary alicyclic amines) is 1. The molecule has 8 nitrogen and oxygen atoms in total. The standard InChI is InChI=1S/C23H41N5O3/c1-14-5-4-11-28-20(14)26-21-18(23(28)30)13-17(22(29)25-2)19(24)27(21)12-10-15-6-8-16(31-3)9-7-15/h14-21,26H,4-13,24H2,1-3H3,(H,25,29)/p+1. The normalized spacial score (nSPS) is 43.2. The SMILES string of the molecule is CNC(=O)C1CC2C(=O)N3CCCC(C)C3NC2[NH+](CCC2CCC(OC)CC2)C1N. The van der Waals surface area contributed by atoms with E-state index in [1.54, 1.807) is 7.05 Å². The Bertz CT molecular complexity index is 653. The van der Waals surface area contributed by atoms with E-state index in [9.17, 15) is 9.59 Å². The van der Waals surface area contributed by atoms with Gasteiger partial charge in [-0.3, -0.25) is 15.3 Å². The zero-order chi connectivity index (χ0) is 22.1. The minimum atomic E-state index is -0.324. The quantitative estimate of drug-likeness (QED) is 0.472. The molecule has 0 aromatic heterocycles. The zero-order valence-electron chi connectivity index (χ0n) is 19.4. The molecule has 7 atom stereocenters. The molecule has 7 unspecified atom stereocenters. The Morgan fingerprint density at radius 2 is 2.03 bits per heavy atom. The van der Waals surface area contributed by atoms with Crippen molar-refractivity contribution in [1.82, 2.24) is 15.5 Å². The van der Waals surface area contributed by atoms with Gasteiger partial charge in [0.25, 0.3) is 0 Å². The first kappa shape index (κ1) is 23.0. The molecule has 31 heavy (non-hydrogen) atoms. The molecule has 4 rings (SSSR count). The van der Waals surface area contributed by atoms with Crippen LogP contribution in [-0.4, -0.2) is 68.6 Å². The van der Waals surface area contributed by atoms with Gasteiger partial charge in [-0.25, -0.2) is 5.32 Å². The van der Waals surface area contributed by atoms with Crippen molar-refractivity contribution in [3.05, 3.63) is 0 Å². The van der Waals surface area contributed by atoms with Gasteiger partial charge < -0.3 is 19.9 Å². The molecule has 0 radical (unpaired) electrons. The second-order valence-corrected chi connectivity index (χ2v) is 10.3. The molecule has 2 amide bonds. The highest BCUT2D eigenvalue weighted by atomic mass is 16.5. The van der Waals surface area contributed by atoms with Crippen LogP contribution in [0.15, 0.2) is 0 Å². The maximum Gasteiger partial charge on any atom is 0.234 e. The summed E-state index contributed by atoms with van der Waals surface area (Å²) < 4.78 is 5.52. The van der Waals surface area contributed by atoms with Gasteiger partial charge in [0.2, 0.25) is 11.8 Å². The molecule has 1 aliphatic carbocycles. The number of quaternary nitrogens is 1. The number of hydrogen-bond acceptors (Lipinski definition) is 5. The van der Waals surface area contributed by atoms with E-state index in [4.69, 9.17) is 10.5 Å². The van der Waals surface area contributed by atoms with Gasteiger partial charge in [0.05, 0.1) is 18.8 Å². The first-order chi connectivity index (χ1) is 14.9. The highest BCUT2D eigenvalue weighted by Gasteiger charge is 2.55. The second kappa shape index (κ2) is 9.73. The number of fused-ring (bicyclic) bond motifs is 2. The summed E-state index contributed by atoms with van der Waals surface area (Å²) in [5.41, 5.74) is 6.73. The number of rotatable bonds is 5. The highest BCUT2D eigenvalue weighted by Crippen LogP contribution is 2.33. The Balaban J connectivity index is 1.51. The molecule has 3 heterocycles. The molecule has 176 valence electrons. The first-order valence-electron chi connectivity index (χ1n) is 12.4. The molecule has 3 aliphatic heterocycles. The lowest BCUT2D eigenvalue weighted by Crippen LogP contribution is -3.26. The number of hydrogen-bond donors (Lipinski definition) is 4. The minimum absolute atomic E-state index is 0.000482. The van der Waals surface area contributed by atoms with Crippen LogP contribution in [0.2, 0.25) is 0 Å². The molecule has 8 heteroatoms. The summed E-state index contributed by atoms with van der Waals surface area (Å²) in [7, 11) is 3.47. The maximum atomic E-state index is 13.5. The van der Waals surface area contributed by atoms with Crippen molar-refractivity contribution < 1.29 is 19.2 Å². The third kappa shape index (κ3) is 4.49. The predicted octanol–water partition coefficient (Wildman–Crippen LogP) is -0.353. The van der Waals surface area contributed by atoms with E-state index in [-0.39, 0.29) is 42.1 Å². The van der Waals surface area contributed by atoms with Gasteiger partial charge >= 0.3 is 0 Å². The fourth-order valence-electron chi connectivity index (χ4n) is 6.64. The second-order valence-electron chi connectivity index (χ2n) is 10.3. The van der Waals surface area contributed by atoms with Crippen molar-refractivity contribution in [2.75, 3.05) is 27.2 Å². The number of carbonyl (C=O) groups excluding carboxylic acids is 2. The van der Waals surface area contributed by atoms with Gasteiger partial charge in [-0.15, -0.1) is 0 Å². The molecule has 1 saturated carbocycles. The van der Waals surface area contributed by atoms with Crippen LogP contribution >= 0.6 is 0 Å². The fraction of sp³-hybridized carbons (Fsp3) is 0.913. The van der Waals surface area contributed by atoms with E-state index < -0.39 is 0 Å². The zero-order valence-corrected chi connectivity index (χ0v) is 19.4. The molecule has 3 saturated heterocycles. The van der Waals surface area contributed by atoms with Gasteiger partial charge in [-0.1, -0.05) is 6.92 Å². The number of amides is 2. The Morgan fingerprint density at radius 3 is 2.71 bits per heavy atom. The topological polar surface area (TPSA) is 101 Å². The summed E-state index contributed by atoms with van der Waals surface area (Å²) >= 11 is 0. The van der Waals surface area contributed by atoms with Crippen LogP contribution in [-0.2, 0) is 14.3 Å². The summed E-state index contributed by atoms with van der Waals surface area (Å²) in [6.45, 7) is 3.96. The summed E-state index contributed by atoms with van der Waals surface area (Å²) in [4.78, 5) is 29.4. The number of piperidine rings is 2. The molecule has 4 fully saturated rings. The number of nitrogens with one attached hydrogen (secondary N) is 3. The van der Waals surface area contributed by atoms with Gasteiger partial charge in [-0.2, -0.15) is 0 Å². The van der Waals surface area contributed by atoms with Crippen molar-refractivity contribution in [3.63, 3.8) is 0 Å². The summed E-state index contributed by atoms with van der Waals surface area (Å²) in [6.07, 6.45) is 8.66. The lowest BCUT2D eigenvalue weighted by atomic mass is 9.79. The number of ether oxygens (including phenoxy) is 1. The first-order valence-corrected chi connectivity index (χ1v) is 12.4. The summed E-state index contributed by atoms with van der Waals surface area (Å²) in [6, 6.07) is 0. The van der Waals surface area contributed by atoms with E-state index in [1.807, 2.05) is 12.0 Å². The Hall–Kier alpha value is -1.22. The Morgan fingerprint density at radius 1 is 1.29 bits per heavy atom. The van der Waals surface area contributed by atoms with Gasteiger partial charge in [0, 0.05) is 20.7 Å². The number of nitrogens with zero attached hydrogens (tertiary/aromatic N) is 1. The van der Waals surface area contributed by atoms with Crippen molar-refractivity contribution in [2.45, 2.75) is 82.9 Å². The van der Waals surface area contributed by atoms with E-state index in [2.05, 4.69) is 17.6 Å². The smallest absolute Gasteiger partial charge is 0.234 e. The van der Waals surface area contributed by atoms with Crippen LogP contribution in [0, 0.1) is 23.7 Å². The largest absolute Gasteiger partial charge is 0.381 e. The minimum Gasteiger partial charge on any atom is -0.381 e. The fourth-order valence-corrected chi connectivity index (χ4v) is 6.64. The van der Waals surface area contributed by atoms with E-state index in [1.165, 1.54) is 17.7 Å². The third-order valence-electron chi connectivity index (χ3n) is 8.61. The lowest BCUT2D eigenvalue weighted by Gasteiger charge is -2.54. The summed E-state index contributed by atoms with van der Waals surface area (Å²) in [5, 5.41) is 6.62. The predicted molar refractivity (Wildman–Crippen MR) is 118 cm³/mol. The molecular formula is C23H42N5O3+. The van der Waals surface area contributed by atoms with Gasteiger partial charge in [-0.05, 0) is 63.2 Å². The number of methoxy groups -OCH3 is 1. The highest BCUT2D eigenvalue weighted by molar-refractivity contribution is 5.83. The average molecular weight is 437 g/mol. The lowest BCUT2D eigenvalue weighted by molar-refractivity contribution is -0.965. The molecule has 5 N–H and O–H groups in total.